The van der Waals surface area contributed by atoms with Gasteiger partial charge in [0.1, 0.15) is 12.2 Å². The smallest absolute Gasteiger partial charge is 0.407 e. The minimum absolute atomic E-state index is 0.0502. The molecule has 1 aliphatic heterocycles. The lowest BCUT2D eigenvalue weighted by atomic mass is 10.2. The summed E-state index contributed by atoms with van der Waals surface area (Å²) < 4.78 is 10.1. The Balaban J connectivity index is 1.87. The maximum atomic E-state index is 12.1. The summed E-state index contributed by atoms with van der Waals surface area (Å²) in [5, 5.41) is 2.47. The van der Waals surface area contributed by atoms with E-state index >= 15 is 0 Å². The molecule has 0 unspecified atom stereocenters. The van der Waals surface area contributed by atoms with Crippen LogP contribution in [-0.4, -0.2) is 42.6 Å². The number of nitrogens with zero attached hydrogens (tertiary/aromatic N) is 1. The number of hydrogen-bond acceptors (Lipinski definition) is 6. The molecule has 26 heavy (non-hydrogen) atoms. The van der Waals surface area contributed by atoms with Crippen molar-refractivity contribution in [3.8, 4) is 0 Å². The number of benzene rings is 1. The average molecular weight is 360 g/mol. The number of imide groups is 1. The van der Waals surface area contributed by atoms with Crippen molar-refractivity contribution in [1.82, 2.24) is 5.32 Å². The molecule has 0 atom stereocenters. The quantitative estimate of drug-likeness (QED) is 0.488. The van der Waals surface area contributed by atoms with Gasteiger partial charge in [0.25, 0.3) is 11.8 Å². The highest BCUT2D eigenvalue weighted by molar-refractivity contribution is 6.28. The summed E-state index contributed by atoms with van der Waals surface area (Å²) in [7, 11) is 0. The largest absolute Gasteiger partial charge is 0.460 e. The fourth-order valence-corrected chi connectivity index (χ4v) is 2.12. The molecule has 0 aliphatic carbocycles. The molecule has 0 fully saturated rings. The van der Waals surface area contributed by atoms with Crippen molar-refractivity contribution >= 4 is 29.6 Å². The van der Waals surface area contributed by atoms with Gasteiger partial charge in [-0.1, -0.05) is 6.07 Å². The Bertz CT molecular complexity index is 745. The van der Waals surface area contributed by atoms with Gasteiger partial charge in [0.15, 0.2) is 0 Å². The molecule has 2 rings (SSSR count). The Kier molecular flexibility index (Phi) is 5.76. The molecule has 138 valence electrons. The molecule has 0 bridgehead atoms. The fraction of sp³-hybridized carbons (Fsp3) is 0.333. The van der Waals surface area contributed by atoms with Crippen LogP contribution in [0.2, 0.25) is 0 Å². The molecule has 1 aromatic carbocycles. The van der Waals surface area contributed by atoms with Crippen molar-refractivity contribution in [3.05, 3.63) is 42.0 Å². The van der Waals surface area contributed by atoms with Gasteiger partial charge in [-0.2, -0.15) is 0 Å². The molecule has 0 spiro atoms. The molecule has 1 aromatic rings. The van der Waals surface area contributed by atoms with E-state index in [9.17, 15) is 19.2 Å². The van der Waals surface area contributed by atoms with Crippen LogP contribution in [-0.2, 0) is 19.1 Å². The van der Waals surface area contributed by atoms with E-state index in [2.05, 4.69) is 5.32 Å². The highest BCUT2D eigenvalue weighted by Gasteiger charge is 2.25. The van der Waals surface area contributed by atoms with Crippen molar-refractivity contribution in [3.63, 3.8) is 0 Å². The fourth-order valence-electron chi connectivity index (χ4n) is 2.12. The highest BCUT2D eigenvalue weighted by Crippen LogP contribution is 2.20. The maximum Gasteiger partial charge on any atom is 0.407 e. The van der Waals surface area contributed by atoms with E-state index in [1.807, 2.05) is 0 Å². The minimum atomic E-state index is -0.634. The third-order valence-electron chi connectivity index (χ3n) is 3.15. The SMILES string of the molecule is CC(C)(C)OC(=O)NCCOC(=O)c1cccc(N2C(=O)C=CC2=O)c1. The van der Waals surface area contributed by atoms with Crippen molar-refractivity contribution in [2.75, 3.05) is 18.1 Å². The van der Waals surface area contributed by atoms with Crippen LogP contribution in [0, 0.1) is 0 Å². The Morgan fingerprint density at radius 2 is 1.77 bits per heavy atom. The van der Waals surface area contributed by atoms with Gasteiger partial charge in [0.05, 0.1) is 17.8 Å². The van der Waals surface area contributed by atoms with Crippen LogP contribution in [0.3, 0.4) is 0 Å². The topological polar surface area (TPSA) is 102 Å². The third kappa shape index (κ3) is 5.17. The van der Waals surface area contributed by atoms with Gasteiger partial charge in [-0.05, 0) is 39.0 Å². The van der Waals surface area contributed by atoms with Crippen LogP contribution in [0.1, 0.15) is 31.1 Å². The lowest BCUT2D eigenvalue weighted by Gasteiger charge is -2.19. The first-order valence-corrected chi connectivity index (χ1v) is 7.97. The Morgan fingerprint density at radius 3 is 2.38 bits per heavy atom. The molecule has 1 heterocycles. The molecule has 0 radical (unpaired) electrons. The minimum Gasteiger partial charge on any atom is -0.460 e. The lowest BCUT2D eigenvalue weighted by Crippen LogP contribution is -2.34. The molecule has 3 amide bonds. The summed E-state index contributed by atoms with van der Waals surface area (Å²) in [4.78, 5) is 47.9. The van der Waals surface area contributed by atoms with E-state index in [1.165, 1.54) is 12.1 Å². The number of alkyl carbamates (subject to hydrolysis) is 1. The van der Waals surface area contributed by atoms with Crippen molar-refractivity contribution in [1.29, 1.82) is 0 Å². The summed E-state index contributed by atoms with van der Waals surface area (Å²) >= 11 is 0. The molecule has 0 aromatic heterocycles. The van der Waals surface area contributed by atoms with Crippen LogP contribution in [0.4, 0.5) is 10.5 Å². The van der Waals surface area contributed by atoms with E-state index in [0.29, 0.717) is 0 Å². The molecule has 8 nitrogen and oxygen atoms in total. The second-order valence-corrected chi connectivity index (χ2v) is 6.46. The van der Waals surface area contributed by atoms with Gasteiger partial charge >= 0.3 is 12.1 Å². The highest BCUT2D eigenvalue weighted by atomic mass is 16.6. The van der Waals surface area contributed by atoms with E-state index in [1.54, 1.807) is 32.9 Å². The second-order valence-electron chi connectivity index (χ2n) is 6.46. The number of rotatable bonds is 5. The predicted molar refractivity (Wildman–Crippen MR) is 92.6 cm³/mol. The number of hydrogen-bond donors (Lipinski definition) is 1. The number of ether oxygens (including phenoxy) is 2. The molecular formula is C18H20N2O6. The monoisotopic (exact) mass is 360 g/mol. The van der Waals surface area contributed by atoms with E-state index in [4.69, 9.17) is 9.47 Å². The van der Waals surface area contributed by atoms with Crippen molar-refractivity contribution in [2.24, 2.45) is 0 Å². The number of carbonyl (C=O) groups is 4. The van der Waals surface area contributed by atoms with E-state index in [0.717, 1.165) is 17.1 Å². The Morgan fingerprint density at radius 1 is 1.12 bits per heavy atom. The molecule has 8 heteroatoms. The summed E-state index contributed by atoms with van der Waals surface area (Å²) in [6.07, 6.45) is 1.72. The van der Waals surface area contributed by atoms with Crippen LogP contribution in [0.15, 0.2) is 36.4 Å². The summed E-state index contributed by atoms with van der Waals surface area (Å²) in [6, 6.07) is 5.99. The number of anilines is 1. The number of nitrogens with one attached hydrogen (secondary N) is 1. The standard InChI is InChI=1S/C18H20N2O6/c1-18(2,3)26-17(24)19-9-10-25-16(23)12-5-4-6-13(11-12)20-14(21)7-8-15(20)22/h4-8,11H,9-10H2,1-3H3,(H,19,24). The third-order valence-corrected chi connectivity index (χ3v) is 3.15. The zero-order chi connectivity index (χ0) is 19.3. The van der Waals surface area contributed by atoms with Crippen LogP contribution in [0.5, 0.6) is 0 Å². The van der Waals surface area contributed by atoms with Crippen molar-refractivity contribution in [2.45, 2.75) is 26.4 Å². The van der Waals surface area contributed by atoms with Gasteiger partial charge in [0.2, 0.25) is 0 Å². The van der Waals surface area contributed by atoms with E-state index < -0.39 is 29.5 Å². The molecule has 0 saturated heterocycles. The first-order chi connectivity index (χ1) is 12.2. The summed E-state index contributed by atoms with van der Waals surface area (Å²) in [6.45, 7) is 5.26. The molecule has 1 aliphatic rings. The van der Waals surface area contributed by atoms with Gasteiger partial charge in [-0.25, -0.2) is 14.5 Å². The Labute approximate surface area is 150 Å². The number of carbonyl (C=O) groups excluding carboxylic acids is 4. The molecule has 1 N–H and O–H groups in total. The predicted octanol–water partition coefficient (Wildman–Crippen LogP) is 1.80. The molecule has 0 saturated carbocycles. The zero-order valence-corrected chi connectivity index (χ0v) is 14.8. The second kappa shape index (κ2) is 7.81. The zero-order valence-electron chi connectivity index (χ0n) is 14.8. The van der Waals surface area contributed by atoms with Crippen LogP contribution in [0.25, 0.3) is 0 Å². The first kappa shape index (κ1) is 19.2. The van der Waals surface area contributed by atoms with Gasteiger partial charge < -0.3 is 14.8 Å². The number of amides is 3. The summed E-state index contributed by atoms with van der Waals surface area (Å²) in [5.74, 6) is -1.57. The van der Waals surface area contributed by atoms with E-state index in [-0.39, 0.29) is 24.4 Å². The maximum absolute atomic E-state index is 12.1. The summed E-state index contributed by atoms with van der Waals surface area (Å²) in [5.41, 5.74) is -0.140. The van der Waals surface area contributed by atoms with Gasteiger partial charge in [-0.3, -0.25) is 9.59 Å². The molecular weight excluding hydrogens is 340 g/mol. The first-order valence-electron chi connectivity index (χ1n) is 7.97. The number of esters is 1. The Hall–Kier alpha value is -3.16. The van der Waals surface area contributed by atoms with Crippen molar-refractivity contribution < 1.29 is 28.7 Å². The average Bonchev–Trinajstić information content (AvgIpc) is 2.88. The van der Waals surface area contributed by atoms with Gasteiger partial charge in [0, 0.05) is 12.2 Å². The lowest BCUT2D eigenvalue weighted by molar-refractivity contribution is -0.120. The van der Waals surface area contributed by atoms with Gasteiger partial charge in [-0.15, -0.1) is 0 Å². The van der Waals surface area contributed by atoms with Crippen LogP contribution < -0.4 is 10.2 Å². The van der Waals surface area contributed by atoms with Crippen LogP contribution >= 0.6 is 0 Å². The normalized spacial score (nSPS) is 13.7.